The van der Waals surface area contributed by atoms with E-state index in [1.165, 1.54) is 16.8 Å². The van der Waals surface area contributed by atoms with Gasteiger partial charge in [-0.15, -0.1) is 0 Å². The summed E-state index contributed by atoms with van der Waals surface area (Å²) in [6.45, 7) is 4.18. The van der Waals surface area contributed by atoms with Crippen molar-refractivity contribution in [3.63, 3.8) is 0 Å². The molecule has 3 aromatic heterocycles. The first-order valence-corrected chi connectivity index (χ1v) is 15.1. The van der Waals surface area contributed by atoms with E-state index < -0.39 is 4.92 Å². The number of hydrogen-bond acceptors (Lipinski definition) is 8. The van der Waals surface area contributed by atoms with Crippen molar-refractivity contribution in [1.29, 1.82) is 0 Å². The number of hydrogen-bond donors (Lipinski definition) is 0. The molecule has 7 rings (SSSR count). The number of non-ortho nitro benzene ring substituents is 1. The Hall–Kier alpha value is -6.49. The van der Waals surface area contributed by atoms with Crippen molar-refractivity contribution in [2.75, 3.05) is 7.11 Å². The molecule has 238 valence electrons. The van der Waals surface area contributed by atoms with Crippen LogP contribution in [0.25, 0.3) is 39.1 Å². The number of nitro benzene ring substituents is 1. The van der Waals surface area contributed by atoms with E-state index in [4.69, 9.17) is 18.9 Å². The Morgan fingerprint density at radius 1 is 0.938 bits per heavy atom. The third-order valence-corrected chi connectivity index (χ3v) is 8.12. The van der Waals surface area contributed by atoms with Crippen molar-refractivity contribution in [1.82, 2.24) is 14.2 Å². The molecular weight excluding hydrogens is 610 g/mol. The van der Waals surface area contributed by atoms with Crippen molar-refractivity contribution in [3.8, 4) is 28.8 Å². The third kappa shape index (κ3) is 5.58. The second-order valence-electron chi connectivity index (χ2n) is 11.2. The number of nitrogens with zero attached hydrogens (tertiary/aromatic N) is 5. The van der Waals surface area contributed by atoms with Crippen LogP contribution >= 0.6 is 0 Å². The van der Waals surface area contributed by atoms with Crippen molar-refractivity contribution in [2.24, 2.45) is 5.10 Å². The van der Waals surface area contributed by atoms with E-state index in [1.54, 1.807) is 49.7 Å². The zero-order chi connectivity index (χ0) is 33.4. The van der Waals surface area contributed by atoms with Gasteiger partial charge in [0, 0.05) is 34.8 Å². The first kappa shape index (κ1) is 30.2. The Balaban J connectivity index is 1.20. The van der Waals surface area contributed by atoms with Gasteiger partial charge in [-0.1, -0.05) is 30.3 Å². The summed E-state index contributed by atoms with van der Waals surface area (Å²) in [5, 5.41) is 16.9. The van der Waals surface area contributed by atoms with Crippen molar-refractivity contribution >= 4 is 33.8 Å². The number of benzene rings is 4. The van der Waals surface area contributed by atoms with Gasteiger partial charge in [-0.2, -0.15) is 9.78 Å². The zero-order valence-corrected chi connectivity index (χ0v) is 26.3. The van der Waals surface area contributed by atoms with Gasteiger partial charge in [0.15, 0.2) is 5.76 Å². The van der Waals surface area contributed by atoms with E-state index in [1.807, 2.05) is 68.4 Å². The lowest BCUT2D eigenvalue weighted by Crippen LogP contribution is -2.20. The van der Waals surface area contributed by atoms with E-state index in [2.05, 4.69) is 9.67 Å². The van der Waals surface area contributed by atoms with Gasteiger partial charge in [-0.3, -0.25) is 14.9 Å². The highest BCUT2D eigenvalue weighted by Crippen LogP contribution is 2.33. The Kier molecular flexibility index (Phi) is 7.78. The number of furan rings is 1. The van der Waals surface area contributed by atoms with Gasteiger partial charge < -0.3 is 18.5 Å². The molecule has 0 radical (unpaired) electrons. The van der Waals surface area contributed by atoms with Gasteiger partial charge in [0.1, 0.15) is 23.7 Å². The minimum Gasteiger partial charge on any atom is -0.496 e. The summed E-state index contributed by atoms with van der Waals surface area (Å²) in [5.41, 5.74) is 5.15. The summed E-state index contributed by atoms with van der Waals surface area (Å²) in [4.78, 5) is 29.2. The van der Waals surface area contributed by atoms with Gasteiger partial charge in [-0.05, 0) is 80.1 Å². The molecule has 0 bridgehead atoms. The highest BCUT2D eigenvalue weighted by Gasteiger charge is 2.18. The van der Waals surface area contributed by atoms with Gasteiger partial charge in [-0.25, -0.2) is 4.98 Å². The highest BCUT2D eigenvalue weighted by molar-refractivity contribution is 5.89. The molecule has 11 heteroatoms. The number of fused-ring (bicyclic) bond motifs is 2. The summed E-state index contributed by atoms with van der Waals surface area (Å²) < 4.78 is 20.9. The van der Waals surface area contributed by atoms with Crippen LogP contribution in [0.15, 0.2) is 117 Å². The van der Waals surface area contributed by atoms with Crippen LogP contribution in [0, 0.1) is 24.0 Å². The lowest BCUT2D eigenvalue weighted by atomic mass is 10.2. The number of aromatic nitrogens is 3. The molecule has 11 nitrogen and oxygen atoms in total. The van der Waals surface area contributed by atoms with Gasteiger partial charge in [0.2, 0.25) is 5.82 Å². The molecule has 7 aromatic rings. The normalized spacial score (nSPS) is 11.5. The molecule has 0 atom stereocenters. The summed E-state index contributed by atoms with van der Waals surface area (Å²) in [6.07, 6.45) is 1.65. The van der Waals surface area contributed by atoms with Gasteiger partial charge >= 0.3 is 0 Å². The molecular formula is C37H29N5O6. The molecule has 3 heterocycles. The smallest absolute Gasteiger partial charge is 0.282 e. The number of rotatable bonds is 9. The first-order valence-electron chi connectivity index (χ1n) is 15.1. The Morgan fingerprint density at radius 3 is 2.52 bits per heavy atom. The molecule has 4 aromatic carbocycles. The number of aryl methyl sites for hydroxylation is 1. The lowest BCUT2D eigenvalue weighted by molar-refractivity contribution is -0.384. The van der Waals surface area contributed by atoms with Crippen LogP contribution in [-0.4, -0.2) is 32.5 Å². The van der Waals surface area contributed by atoms with Crippen LogP contribution in [0.3, 0.4) is 0 Å². The highest BCUT2D eigenvalue weighted by atomic mass is 16.6. The Labute approximate surface area is 274 Å². The van der Waals surface area contributed by atoms with E-state index in [-0.39, 0.29) is 23.7 Å². The minimum absolute atomic E-state index is 0.0255. The van der Waals surface area contributed by atoms with Crippen LogP contribution in [-0.2, 0) is 6.61 Å². The molecule has 0 N–H and O–H groups in total. The largest absolute Gasteiger partial charge is 0.496 e. The number of para-hydroxylation sites is 1. The summed E-state index contributed by atoms with van der Waals surface area (Å²) in [6, 6.07) is 30.4. The second kappa shape index (κ2) is 12.4. The summed E-state index contributed by atoms with van der Waals surface area (Å²) in [5.74, 6) is 1.93. The third-order valence-electron chi connectivity index (χ3n) is 8.12. The summed E-state index contributed by atoms with van der Waals surface area (Å²) in [7, 11) is 1.60. The fraction of sp³-hybridized carbons (Fsp3) is 0.108. The van der Waals surface area contributed by atoms with Crippen LogP contribution in [0.1, 0.15) is 22.5 Å². The topological polar surface area (TPSA) is 127 Å². The fourth-order valence-electron chi connectivity index (χ4n) is 5.77. The molecule has 0 fully saturated rings. The molecule has 0 amide bonds. The number of methoxy groups -OCH3 is 1. The summed E-state index contributed by atoms with van der Waals surface area (Å²) >= 11 is 0. The maximum absolute atomic E-state index is 13.8. The Bertz CT molecular complexity index is 2420. The molecule has 0 aliphatic carbocycles. The van der Waals surface area contributed by atoms with Crippen molar-refractivity contribution in [3.05, 3.63) is 146 Å². The van der Waals surface area contributed by atoms with E-state index in [0.717, 1.165) is 28.0 Å². The monoisotopic (exact) mass is 639 g/mol. The van der Waals surface area contributed by atoms with E-state index in [9.17, 15) is 14.9 Å². The average molecular weight is 640 g/mol. The molecule has 0 saturated heterocycles. The maximum Gasteiger partial charge on any atom is 0.282 e. The molecule has 0 aliphatic rings. The number of nitro groups is 1. The van der Waals surface area contributed by atoms with Gasteiger partial charge in [0.05, 0.1) is 34.5 Å². The number of ether oxygens (including phenoxy) is 2. The van der Waals surface area contributed by atoms with E-state index in [0.29, 0.717) is 39.3 Å². The zero-order valence-electron chi connectivity index (χ0n) is 26.3. The maximum atomic E-state index is 13.8. The SMILES string of the molecule is COc1cccc2oc(-c3nc4ccccc4c(=O)n3N=Cc3cc(C)n(-c4ccc(OCc5cccc([N+](=O)[O-])c5)cc4)c3C)cc12. The molecule has 0 spiro atoms. The molecule has 0 unspecified atom stereocenters. The lowest BCUT2D eigenvalue weighted by Gasteiger charge is -2.11. The quantitative estimate of drug-likeness (QED) is 0.0904. The second-order valence-corrected chi connectivity index (χ2v) is 11.2. The standard InChI is InChI=1S/C37H29N5O6/c1-23-18-26(24(2)40(23)27-14-16-29(17-15-27)47-22-25-8-6-9-28(19-25)42(44)45)21-38-41-36(39-32-11-5-4-10-30(32)37(41)43)35-20-31-33(46-3)12-7-13-34(31)48-35/h4-21H,22H2,1-3H3. The van der Waals surface area contributed by atoms with Crippen LogP contribution in [0.4, 0.5) is 5.69 Å². The van der Waals surface area contributed by atoms with Crippen molar-refractivity contribution in [2.45, 2.75) is 20.5 Å². The van der Waals surface area contributed by atoms with Crippen LogP contribution in [0.5, 0.6) is 11.5 Å². The average Bonchev–Trinajstić information content (AvgIpc) is 3.67. The van der Waals surface area contributed by atoms with Crippen LogP contribution in [0.2, 0.25) is 0 Å². The predicted molar refractivity (Wildman–Crippen MR) is 183 cm³/mol. The Morgan fingerprint density at radius 2 is 1.73 bits per heavy atom. The predicted octanol–water partition coefficient (Wildman–Crippen LogP) is 7.60. The van der Waals surface area contributed by atoms with Gasteiger partial charge in [0.25, 0.3) is 11.2 Å². The van der Waals surface area contributed by atoms with Crippen LogP contribution < -0.4 is 15.0 Å². The van der Waals surface area contributed by atoms with Crippen molar-refractivity contribution < 1.29 is 18.8 Å². The molecule has 0 saturated carbocycles. The first-order chi connectivity index (χ1) is 23.3. The fourth-order valence-corrected chi connectivity index (χ4v) is 5.77. The molecule has 0 aliphatic heterocycles. The molecule has 48 heavy (non-hydrogen) atoms. The minimum atomic E-state index is -0.423. The van der Waals surface area contributed by atoms with E-state index >= 15 is 0 Å².